The molecule has 0 fully saturated rings. The quantitative estimate of drug-likeness (QED) is 0.714. The van der Waals surface area contributed by atoms with Crippen LogP contribution < -0.4 is 15.0 Å². The fourth-order valence-corrected chi connectivity index (χ4v) is 3.00. The van der Waals surface area contributed by atoms with Gasteiger partial charge in [-0.15, -0.1) is 0 Å². The molecule has 0 atom stereocenters. The number of carbonyl (C=O) groups is 1. The van der Waals surface area contributed by atoms with Crippen molar-refractivity contribution in [2.45, 2.75) is 52.4 Å². The Hall–Kier alpha value is -2.60. The molecule has 2 aromatic rings. The summed E-state index contributed by atoms with van der Waals surface area (Å²) in [6.07, 6.45) is 1.60. The van der Waals surface area contributed by atoms with Crippen molar-refractivity contribution in [1.29, 1.82) is 0 Å². The number of hydrogen-bond donors (Lipinski definition) is 2. The fraction of sp³-hybridized carbons (Fsp3) is 0.500. The lowest BCUT2D eigenvalue weighted by molar-refractivity contribution is -0.118. The number of amides is 1. The highest BCUT2D eigenvalue weighted by atomic mass is 16.5. The largest absolute Gasteiger partial charge is 0.483 e. The Balaban J connectivity index is 2.05. The number of pyridine rings is 1. The third-order valence-corrected chi connectivity index (χ3v) is 4.87. The van der Waals surface area contributed by atoms with Crippen LogP contribution in [0.4, 0.5) is 11.5 Å². The lowest BCUT2D eigenvalue weighted by Crippen LogP contribution is -2.23. The molecule has 164 valence electrons. The van der Waals surface area contributed by atoms with E-state index in [4.69, 9.17) is 9.84 Å². The van der Waals surface area contributed by atoms with Crippen LogP contribution in [0.3, 0.4) is 0 Å². The van der Waals surface area contributed by atoms with Gasteiger partial charge in [-0.1, -0.05) is 53.7 Å². The average molecular weight is 414 g/mol. The second-order valence-corrected chi connectivity index (χ2v) is 9.60. The van der Waals surface area contributed by atoms with Gasteiger partial charge < -0.3 is 20.1 Å². The van der Waals surface area contributed by atoms with Crippen LogP contribution in [0, 0.1) is 0 Å². The van der Waals surface area contributed by atoms with Crippen LogP contribution >= 0.6 is 0 Å². The smallest absolute Gasteiger partial charge is 0.262 e. The number of anilines is 2. The number of rotatable bonds is 7. The summed E-state index contributed by atoms with van der Waals surface area (Å²) in [6.45, 7) is 13.5. The van der Waals surface area contributed by atoms with E-state index in [1.807, 2.05) is 18.0 Å². The fourth-order valence-electron chi connectivity index (χ4n) is 3.00. The van der Waals surface area contributed by atoms with E-state index in [9.17, 15) is 4.79 Å². The molecular weight excluding hydrogens is 378 g/mol. The second kappa shape index (κ2) is 9.47. The molecule has 0 saturated heterocycles. The van der Waals surface area contributed by atoms with Crippen molar-refractivity contribution in [2.24, 2.45) is 0 Å². The van der Waals surface area contributed by atoms with Crippen molar-refractivity contribution in [1.82, 2.24) is 4.98 Å². The number of aliphatic hydroxyl groups is 1. The van der Waals surface area contributed by atoms with E-state index in [-0.39, 0.29) is 30.0 Å². The van der Waals surface area contributed by atoms with Crippen molar-refractivity contribution < 1.29 is 14.6 Å². The van der Waals surface area contributed by atoms with E-state index in [2.05, 4.69) is 64.0 Å². The van der Waals surface area contributed by atoms with Crippen molar-refractivity contribution in [2.75, 3.05) is 37.0 Å². The molecule has 0 unspecified atom stereocenters. The van der Waals surface area contributed by atoms with Crippen molar-refractivity contribution >= 4 is 17.4 Å². The van der Waals surface area contributed by atoms with Crippen LogP contribution in [-0.4, -0.2) is 42.8 Å². The SMILES string of the molecule is CN(CCO)c1ccc(NC(=O)COc2ccc(C(C)(C)C)cc2C(C)(C)C)cn1. The molecule has 0 saturated carbocycles. The molecule has 1 aromatic heterocycles. The molecular formula is C24H35N3O3. The minimum absolute atomic E-state index is 0.0420. The van der Waals surface area contributed by atoms with E-state index in [0.29, 0.717) is 12.2 Å². The average Bonchev–Trinajstić information content (AvgIpc) is 2.65. The van der Waals surface area contributed by atoms with E-state index in [0.717, 1.165) is 17.1 Å². The highest BCUT2D eigenvalue weighted by Crippen LogP contribution is 2.35. The summed E-state index contributed by atoms with van der Waals surface area (Å²) >= 11 is 0. The van der Waals surface area contributed by atoms with E-state index in [1.54, 1.807) is 18.3 Å². The number of nitrogens with zero attached hydrogens (tertiary/aromatic N) is 2. The first kappa shape index (κ1) is 23.7. The first-order chi connectivity index (χ1) is 13.9. The number of likely N-dealkylation sites (N-methyl/N-ethyl adjacent to an activating group) is 1. The maximum Gasteiger partial charge on any atom is 0.262 e. The Morgan fingerprint density at radius 2 is 1.80 bits per heavy atom. The molecule has 1 heterocycles. The Kier molecular flexibility index (Phi) is 7.48. The van der Waals surface area contributed by atoms with Gasteiger partial charge in [-0.2, -0.15) is 0 Å². The number of aliphatic hydroxyl groups excluding tert-OH is 1. The van der Waals surface area contributed by atoms with Crippen LogP contribution in [0.1, 0.15) is 52.7 Å². The monoisotopic (exact) mass is 413 g/mol. The predicted molar refractivity (Wildman–Crippen MR) is 123 cm³/mol. The van der Waals surface area contributed by atoms with Crippen LogP contribution in [0.5, 0.6) is 5.75 Å². The lowest BCUT2D eigenvalue weighted by atomic mass is 9.80. The Morgan fingerprint density at radius 1 is 1.10 bits per heavy atom. The summed E-state index contributed by atoms with van der Waals surface area (Å²) in [5, 5.41) is 11.8. The zero-order valence-electron chi connectivity index (χ0n) is 19.2. The standard InChI is InChI=1S/C24H35N3O3/c1-23(2,3)17-8-10-20(19(14-17)24(4,5)6)30-16-22(29)26-18-9-11-21(25-15-18)27(7)12-13-28/h8-11,14-15,28H,12-13,16H2,1-7H3,(H,26,29). The van der Waals surface area contributed by atoms with Gasteiger partial charge in [-0.3, -0.25) is 4.79 Å². The molecule has 0 radical (unpaired) electrons. The summed E-state index contributed by atoms with van der Waals surface area (Å²) in [5.41, 5.74) is 2.86. The summed E-state index contributed by atoms with van der Waals surface area (Å²) in [6, 6.07) is 9.79. The summed E-state index contributed by atoms with van der Waals surface area (Å²) < 4.78 is 5.89. The third kappa shape index (κ3) is 6.46. The molecule has 6 nitrogen and oxygen atoms in total. The molecule has 0 aliphatic carbocycles. The molecule has 0 spiro atoms. The number of ether oxygens (including phenoxy) is 1. The van der Waals surface area contributed by atoms with Gasteiger partial charge in [0.25, 0.3) is 5.91 Å². The van der Waals surface area contributed by atoms with Crippen LogP contribution in [0.2, 0.25) is 0 Å². The molecule has 0 aliphatic rings. The summed E-state index contributed by atoms with van der Waals surface area (Å²) in [4.78, 5) is 18.5. The molecule has 6 heteroatoms. The van der Waals surface area contributed by atoms with E-state index in [1.165, 1.54) is 5.56 Å². The van der Waals surface area contributed by atoms with Gasteiger partial charge in [0, 0.05) is 13.6 Å². The van der Waals surface area contributed by atoms with Crippen molar-refractivity contribution in [3.05, 3.63) is 47.7 Å². The maximum absolute atomic E-state index is 12.4. The molecule has 1 aromatic carbocycles. The topological polar surface area (TPSA) is 74.7 Å². The first-order valence-electron chi connectivity index (χ1n) is 10.3. The molecule has 0 aliphatic heterocycles. The Labute approximate surface area is 180 Å². The number of nitrogens with one attached hydrogen (secondary N) is 1. The zero-order chi connectivity index (χ0) is 22.5. The highest BCUT2D eigenvalue weighted by molar-refractivity contribution is 5.91. The van der Waals surface area contributed by atoms with Crippen LogP contribution in [0.25, 0.3) is 0 Å². The van der Waals surface area contributed by atoms with E-state index >= 15 is 0 Å². The molecule has 0 bridgehead atoms. The normalized spacial score (nSPS) is 11.9. The molecule has 30 heavy (non-hydrogen) atoms. The second-order valence-electron chi connectivity index (χ2n) is 9.60. The van der Waals surface area contributed by atoms with Gasteiger partial charge in [-0.05, 0) is 40.2 Å². The van der Waals surface area contributed by atoms with Crippen molar-refractivity contribution in [3.63, 3.8) is 0 Å². The molecule has 2 rings (SSSR count). The molecule has 2 N–H and O–H groups in total. The number of carbonyl (C=O) groups excluding carboxylic acids is 1. The van der Waals surface area contributed by atoms with Crippen LogP contribution in [0.15, 0.2) is 36.5 Å². The van der Waals surface area contributed by atoms with Gasteiger partial charge in [-0.25, -0.2) is 4.98 Å². The minimum atomic E-state index is -0.243. The highest BCUT2D eigenvalue weighted by Gasteiger charge is 2.23. The van der Waals surface area contributed by atoms with Gasteiger partial charge >= 0.3 is 0 Å². The zero-order valence-corrected chi connectivity index (χ0v) is 19.2. The third-order valence-electron chi connectivity index (χ3n) is 4.87. The summed E-state index contributed by atoms with van der Waals surface area (Å²) in [7, 11) is 1.85. The Morgan fingerprint density at radius 3 is 2.33 bits per heavy atom. The first-order valence-corrected chi connectivity index (χ1v) is 10.3. The van der Waals surface area contributed by atoms with Gasteiger partial charge in [0.05, 0.1) is 18.5 Å². The number of benzene rings is 1. The molecule has 1 amide bonds. The maximum atomic E-state index is 12.4. The van der Waals surface area contributed by atoms with Crippen molar-refractivity contribution in [3.8, 4) is 5.75 Å². The predicted octanol–water partition coefficient (Wildman–Crippen LogP) is 4.12. The number of aromatic nitrogens is 1. The minimum Gasteiger partial charge on any atom is -0.483 e. The Bertz CT molecular complexity index is 849. The van der Waals surface area contributed by atoms with Gasteiger partial charge in [0.2, 0.25) is 0 Å². The van der Waals surface area contributed by atoms with E-state index < -0.39 is 0 Å². The number of hydrogen-bond acceptors (Lipinski definition) is 5. The van der Waals surface area contributed by atoms with Crippen LogP contribution in [-0.2, 0) is 15.6 Å². The van der Waals surface area contributed by atoms with Gasteiger partial charge in [0.1, 0.15) is 11.6 Å². The summed E-state index contributed by atoms with van der Waals surface area (Å²) in [5.74, 6) is 1.21. The van der Waals surface area contributed by atoms with Gasteiger partial charge in [0.15, 0.2) is 6.61 Å². The lowest BCUT2D eigenvalue weighted by Gasteiger charge is -2.27.